The number of sulfonamides is 1. The standard InChI is InChI=1S/C15H11N3O2S/c16-9-12-4-3-7-15(8-12)18-21(19,20)11-14-6-2-1-5-13(14)10-17/h1-8,18H,11H2. The van der Waals surface area contributed by atoms with Crippen LogP contribution in [0.2, 0.25) is 0 Å². The Labute approximate surface area is 123 Å². The average Bonchev–Trinajstić information content (AvgIpc) is 2.47. The molecule has 0 atom stereocenters. The Morgan fingerprint density at radius 3 is 2.48 bits per heavy atom. The molecule has 5 nitrogen and oxygen atoms in total. The zero-order chi connectivity index (χ0) is 15.3. The number of nitriles is 2. The zero-order valence-electron chi connectivity index (χ0n) is 10.9. The van der Waals surface area contributed by atoms with E-state index in [4.69, 9.17) is 10.5 Å². The van der Waals surface area contributed by atoms with Crippen molar-refractivity contribution in [3.63, 3.8) is 0 Å². The average molecular weight is 297 g/mol. The van der Waals surface area contributed by atoms with E-state index in [9.17, 15) is 8.42 Å². The first-order valence-electron chi connectivity index (χ1n) is 6.03. The first kappa shape index (κ1) is 14.6. The molecule has 0 bridgehead atoms. The molecule has 0 aliphatic rings. The molecule has 0 heterocycles. The van der Waals surface area contributed by atoms with Crippen LogP contribution in [0.15, 0.2) is 48.5 Å². The van der Waals surface area contributed by atoms with Gasteiger partial charge < -0.3 is 0 Å². The van der Waals surface area contributed by atoms with Crippen LogP contribution in [0.4, 0.5) is 5.69 Å². The van der Waals surface area contributed by atoms with Crippen LogP contribution in [0.5, 0.6) is 0 Å². The monoisotopic (exact) mass is 297 g/mol. The lowest BCUT2D eigenvalue weighted by Crippen LogP contribution is -2.15. The summed E-state index contributed by atoms with van der Waals surface area (Å²) in [6.45, 7) is 0. The van der Waals surface area contributed by atoms with Crippen molar-refractivity contribution in [1.82, 2.24) is 0 Å². The van der Waals surface area contributed by atoms with E-state index in [0.717, 1.165) is 0 Å². The molecule has 0 unspecified atom stereocenters. The minimum absolute atomic E-state index is 0.298. The zero-order valence-corrected chi connectivity index (χ0v) is 11.8. The molecular weight excluding hydrogens is 286 g/mol. The molecule has 0 saturated carbocycles. The summed E-state index contributed by atoms with van der Waals surface area (Å²) in [6, 6.07) is 16.6. The SMILES string of the molecule is N#Cc1cccc(NS(=O)(=O)Cc2ccccc2C#N)c1. The molecule has 0 amide bonds. The molecule has 0 fully saturated rings. The van der Waals surface area contributed by atoms with Crippen molar-refractivity contribution in [3.8, 4) is 12.1 Å². The molecule has 1 N–H and O–H groups in total. The number of hydrogen-bond donors (Lipinski definition) is 1. The number of nitrogens with one attached hydrogen (secondary N) is 1. The van der Waals surface area contributed by atoms with Crippen molar-refractivity contribution >= 4 is 15.7 Å². The van der Waals surface area contributed by atoms with E-state index in [1.54, 1.807) is 42.5 Å². The van der Waals surface area contributed by atoms with E-state index < -0.39 is 10.0 Å². The minimum Gasteiger partial charge on any atom is -0.283 e. The Hall–Kier alpha value is -2.83. The van der Waals surface area contributed by atoms with Gasteiger partial charge in [-0.15, -0.1) is 0 Å². The van der Waals surface area contributed by atoms with Crippen LogP contribution in [0.3, 0.4) is 0 Å². The van der Waals surface area contributed by atoms with E-state index in [-0.39, 0.29) is 5.75 Å². The third-order valence-corrected chi connectivity index (χ3v) is 3.99. The van der Waals surface area contributed by atoms with Crippen LogP contribution in [0.1, 0.15) is 16.7 Å². The summed E-state index contributed by atoms with van der Waals surface area (Å²) in [7, 11) is -3.66. The Morgan fingerprint density at radius 1 is 1.00 bits per heavy atom. The summed E-state index contributed by atoms with van der Waals surface area (Å²) in [5, 5.41) is 17.8. The first-order valence-corrected chi connectivity index (χ1v) is 7.68. The van der Waals surface area contributed by atoms with Crippen molar-refractivity contribution < 1.29 is 8.42 Å². The van der Waals surface area contributed by atoms with E-state index in [2.05, 4.69) is 4.72 Å². The molecule has 6 heteroatoms. The third-order valence-electron chi connectivity index (χ3n) is 2.75. The minimum atomic E-state index is -3.66. The number of anilines is 1. The third kappa shape index (κ3) is 3.82. The number of benzene rings is 2. The van der Waals surface area contributed by atoms with Gasteiger partial charge in [0.25, 0.3) is 0 Å². The van der Waals surface area contributed by atoms with Gasteiger partial charge in [-0.2, -0.15) is 10.5 Å². The van der Waals surface area contributed by atoms with E-state index in [1.165, 1.54) is 6.07 Å². The van der Waals surface area contributed by atoms with Crippen LogP contribution in [-0.2, 0) is 15.8 Å². The van der Waals surface area contributed by atoms with Gasteiger partial charge in [-0.05, 0) is 29.8 Å². The predicted octanol–water partition coefficient (Wildman–Crippen LogP) is 2.37. The lowest BCUT2D eigenvalue weighted by molar-refractivity contribution is 0.600. The normalized spacial score (nSPS) is 10.4. The van der Waals surface area contributed by atoms with Crippen molar-refractivity contribution in [2.24, 2.45) is 0 Å². The van der Waals surface area contributed by atoms with Crippen LogP contribution >= 0.6 is 0 Å². The van der Waals surface area contributed by atoms with Crippen LogP contribution in [-0.4, -0.2) is 8.42 Å². The van der Waals surface area contributed by atoms with Gasteiger partial charge in [0.05, 0.1) is 29.0 Å². The fraction of sp³-hybridized carbons (Fsp3) is 0.0667. The predicted molar refractivity (Wildman–Crippen MR) is 78.6 cm³/mol. The highest BCUT2D eigenvalue weighted by Gasteiger charge is 2.14. The van der Waals surface area contributed by atoms with E-state index in [1.807, 2.05) is 12.1 Å². The van der Waals surface area contributed by atoms with Gasteiger partial charge in [-0.1, -0.05) is 24.3 Å². The second-order valence-corrected chi connectivity index (χ2v) is 6.05. The van der Waals surface area contributed by atoms with Gasteiger partial charge in [0.1, 0.15) is 0 Å². The maximum atomic E-state index is 12.1. The number of hydrogen-bond acceptors (Lipinski definition) is 4. The van der Waals surface area contributed by atoms with Crippen molar-refractivity contribution in [1.29, 1.82) is 10.5 Å². The quantitative estimate of drug-likeness (QED) is 0.937. The molecule has 2 aromatic carbocycles. The largest absolute Gasteiger partial charge is 0.283 e. The van der Waals surface area contributed by atoms with Crippen molar-refractivity contribution in [3.05, 3.63) is 65.2 Å². The molecule has 0 spiro atoms. The smallest absolute Gasteiger partial charge is 0.236 e. The maximum Gasteiger partial charge on any atom is 0.236 e. The fourth-order valence-electron chi connectivity index (χ4n) is 1.83. The van der Waals surface area contributed by atoms with Crippen LogP contribution < -0.4 is 4.72 Å². The molecule has 0 aliphatic heterocycles. The summed E-state index contributed by atoms with van der Waals surface area (Å²) in [4.78, 5) is 0. The molecule has 0 aliphatic carbocycles. The topological polar surface area (TPSA) is 93.8 Å². The molecule has 104 valence electrons. The van der Waals surface area contributed by atoms with Crippen molar-refractivity contribution in [2.75, 3.05) is 4.72 Å². The lowest BCUT2D eigenvalue weighted by atomic mass is 10.1. The summed E-state index contributed by atoms with van der Waals surface area (Å²) < 4.78 is 26.7. The Bertz CT molecular complexity index is 846. The fourth-order valence-corrected chi connectivity index (χ4v) is 3.05. The van der Waals surface area contributed by atoms with Gasteiger partial charge in [0.15, 0.2) is 0 Å². The first-order chi connectivity index (χ1) is 10.0. The highest BCUT2D eigenvalue weighted by atomic mass is 32.2. The van der Waals surface area contributed by atoms with Crippen LogP contribution in [0, 0.1) is 22.7 Å². The Balaban J connectivity index is 2.23. The molecular formula is C15H11N3O2S. The van der Waals surface area contributed by atoms with Gasteiger partial charge in [-0.3, -0.25) is 4.72 Å². The second-order valence-electron chi connectivity index (χ2n) is 4.32. The molecule has 0 aromatic heterocycles. The number of nitrogens with zero attached hydrogens (tertiary/aromatic N) is 2. The van der Waals surface area contributed by atoms with Gasteiger partial charge in [-0.25, -0.2) is 8.42 Å². The van der Waals surface area contributed by atoms with Gasteiger partial charge >= 0.3 is 0 Å². The second kappa shape index (κ2) is 6.08. The number of rotatable bonds is 4. The molecule has 2 rings (SSSR count). The van der Waals surface area contributed by atoms with Crippen molar-refractivity contribution in [2.45, 2.75) is 5.75 Å². The molecule has 0 saturated heterocycles. The lowest BCUT2D eigenvalue weighted by Gasteiger charge is -2.09. The summed E-state index contributed by atoms with van der Waals surface area (Å²) in [5.74, 6) is -0.298. The highest BCUT2D eigenvalue weighted by molar-refractivity contribution is 7.91. The summed E-state index contributed by atoms with van der Waals surface area (Å²) in [6.07, 6.45) is 0. The van der Waals surface area contributed by atoms with Gasteiger partial charge in [0, 0.05) is 5.69 Å². The molecule has 2 aromatic rings. The van der Waals surface area contributed by atoms with Crippen LogP contribution in [0.25, 0.3) is 0 Å². The highest BCUT2D eigenvalue weighted by Crippen LogP contribution is 2.16. The summed E-state index contributed by atoms with van der Waals surface area (Å²) in [5.41, 5.74) is 1.45. The van der Waals surface area contributed by atoms with Gasteiger partial charge in [0.2, 0.25) is 10.0 Å². The summed E-state index contributed by atoms with van der Waals surface area (Å²) >= 11 is 0. The Kier molecular flexibility index (Phi) is 4.22. The Morgan fingerprint density at radius 2 is 1.76 bits per heavy atom. The van der Waals surface area contributed by atoms with E-state index >= 15 is 0 Å². The molecule has 21 heavy (non-hydrogen) atoms. The van der Waals surface area contributed by atoms with E-state index in [0.29, 0.717) is 22.4 Å². The molecule has 0 radical (unpaired) electrons. The maximum absolute atomic E-state index is 12.1.